The molecule has 5 heteroatoms. The van der Waals surface area contributed by atoms with E-state index in [2.05, 4.69) is 27.6 Å². The Morgan fingerprint density at radius 2 is 2.24 bits per heavy atom. The molecule has 0 radical (unpaired) electrons. The highest BCUT2D eigenvalue weighted by molar-refractivity contribution is 8.01. The second-order valence-electron chi connectivity index (χ2n) is 3.64. The minimum absolute atomic E-state index is 0.935. The SMILES string of the molecule is CCCNc1cccc(Sc2nc(C)cs2)n1. The van der Waals surface area contributed by atoms with E-state index in [1.54, 1.807) is 23.1 Å². The second-order valence-corrected chi connectivity index (χ2v) is 5.77. The van der Waals surface area contributed by atoms with Crippen molar-refractivity contribution in [2.45, 2.75) is 29.6 Å². The second kappa shape index (κ2) is 6.02. The molecule has 0 atom stereocenters. The van der Waals surface area contributed by atoms with Crippen LogP contribution >= 0.6 is 23.1 Å². The number of thiazole rings is 1. The van der Waals surface area contributed by atoms with E-state index in [0.717, 1.165) is 33.8 Å². The van der Waals surface area contributed by atoms with Gasteiger partial charge in [0.05, 0.1) is 0 Å². The topological polar surface area (TPSA) is 37.8 Å². The summed E-state index contributed by atoms with van der Waals surface area (Å²) in [4.78, 5) is 8.95. The van der Waals surface area contributed by atoms with E-state index in [9.17, 15) is 0 Å². The van der Waals surface area contributed by atoms with Gasteiger partial charge in [-0.15, -0.1) is 11.3 Å². The third kappa shape index (κ3) is 3.71. The Bertz CT molecular complexity index is 482. The Hall–Kier alpha value is -1.07. The highest BCUT2D eigenvalue weighted by Gasteiger charge is 2.03. The summed E-state index contributed by atoms with van der Waals surface area (Å²) in [5.74, 6) is 0.935. The molecular formula is C12H15N3S2. The van der Waals surface area contributed by atoms with Crippen LogP contribution in [0.5, 0.6) is 0 Å². The molecule has 2 rings (SSSR count). The molecule has 2 aromatic heterocycles. The molecule has 17 heavy (non-hydrogen) atoms. The molecule has 2 aromatic rings. The summed E-state index contributed by atoms with van der Waals surface area (Å²) in [6.45, 7) is 5.11. The van der Waals surface area contributed by atoms with Crippen molar-refractivity contribution in [3.8, 4) is 0 Å². The maximum atomic E-state index is 4.53. The third-order valence-corrected chi connectivity index (χ3v) is 4.06. The Morgan fingerprint density at radius 1 is 1.35 bits per heavy atom. The quantitative estimate of drug-likeness (QED) is 0.892. The molecule has 0 amide bonds. The molecule has 0 fully saturated rings. The molecular weight excluding hydrogens is 250 g/mol. The fraction of sp³-hybridized carbons (Fsp3) is 0.333. The minimum atomic E-state index is 0.935. The first-order chi connectivity index (χ1) is 8.28. The lowest BCUT2D eigenvalue weighted by Gasteiger charge is -2.04. The van der Waals surface area contributed by atoms with Crippen LogP contribution in [0, 0.1) is 6.92 Å². The smallest absolute Gasteiger partial charge is 0.156 e. The van der Waals surface area contributed by atoms with Crippen molar-refractivity contribution < 1.29 is 0 Å². The zero-order valence-corrected chi connectivity index (χ0v) is 11.6. The molecule has 0 spiro atoms. The molecule has 1 N–H and O–H groups in total. The van der Waals surface area contributed by atoms with Crippen LogP contribution in [0.3, 0.4) is 0 Å². The van der Waals surface area contributed by atoms with Crippen molar-refractivity contribution >= 4 is 28.9 Å². The number of hydrogen-bond donors (Lipinski definition) is 1. The van der Waals surface area contributed by atoms with Crippen LogP contribution in [-0.2, 0) is 0 Å². The van der Waals surface area contributed by atoms with E-state index < -0.39 is 0 Å². The van der Waals surface area contributed by atoms with Gasteiger partial charge in [0.15, 0.2) is 4.34 Å². The van der Waals surface area contributed by atoms with Gasteiger partial charge in [0, 0.05) is 17.6 Å². The average Bonchev–Trinajstić information content (AvgIpc) is 2.73. The normalized spacial score (nSPS) is 10.5. The monoisotopic (exact) mass is 265 g/mol. The van der Waals surface area contributed by atoms with Gasteiger partial charge < -0.3 is 5.32 Å². The van der Waals surface area contributed by atoms with Crippen molar-refractivity contribution in [1.29, 1.82) is 0 Å². The molecule has 0 aliphatic heterocycles. The van der Waals surface area contributed by atoms with E-state index in [0.29, 0.717) is 0 Å². The number of nitrogens with zero attached hydrogens (tertiary/aromatic N) is 2. The van der Waals surface area contributed by atoms with Crippen LogP contribution < -0.4 is 5.32 Å². The Labute approximate surface area is 110 Å². The molecule has 0 bridgehead atoms. The molecule has 0 unspecified atom stereocenters. The van der Waals surface area contributed by atoms with Crippen LogP contribution in [0.1, 0.15) is 19.0 Å². The third-order valence-electron chi connectivity index (χ3n) is 2.07. The van der Waals surface area contributed by atoms with Gasteiger partial charge in [-0.25, -0.2) is 9.97 Å². The summed E-state index contributed by atoms with van der Waals surface area (Å²) in [6, 6.07) is 6.03. The predicted octanol–water partition coefficient (Wildman–Crippen LogP) is 3.82. The molecule has 0 saturated heterocycles. The zero-order chi connectivity index (χ0) is 12.1. The molecule has 2 heterocycles. The zero-order valence-electron chi connectivity index (χ0n) is 9.93. The molecule has 0 aromatic carbocycles. The van der Waals surface area contributed by atoms with Gasteiger partial charge in [-0.3, -0.25) is 0 Å². The first-order valence-electron chi connectivity index (χ1n) is 5.59. The average molecular weight is 265 g/mol. The fourth-order valence-corrected chi connectivity index (χ4v) is 3.06. The van der Waals surface area contributed by atoms with Gasteiger partial charge in [-0.05, 0) is 37.2 Å². The van der Waals surface area contributed by atoms with Crippen molar-refractivity contribution in [1.82, 2.24) is 9.97 Å². The number of nitrogens with one attached hydrogen (secondary N) is 1. The molecule has 0 aliphatic rings. The minimum Gasteiger partial charge on any atom is -0.370 e. The van der Waals surface area contributed by atoms with E-state index in [4.69, 9.17) is 0 Å². The maximum Gasteiger partial charge on any atom is 0.156 e. The summed E-state index contributed by atoms with van der Waals surface area (Å²) in [5, 5.41) is 6.33. The van der Waals surface area contributed by atoms with Crippen molar-refractivity contribution in [3.63, 3.8) is 0 Å². The first kappa shape index (κ1) is 12.4. The van der Waals surface area contributed by atoms with Crippen molar-refractivity contribution in [2.24, 2.45) is 0 Å². The van der Waals surface area contributed by atoms with Gasteiger partial charge in [0.25, 0.3) is 0 Å². The van der Waals surface area contributed by atoms with E-state index in [1.807, 2.05) is 25.1 Å². The number of aryl methyl sites for hydroxylation is 1. The Balaban J connectivity index is 2.05. The van der Waals surface area contributed by atoms with Gasteiger partial charge >= 0.3 is 0 Å². The highest BCUT2D eigenvalue weighted by atomic mass is 32.2. The number of rotatable bonds is 5. The van der Waals surface area contributed by atoms with Crippen LogP contribution in [0.15, 0.2) is 32.9 Å². The highest BCUT2D eigenvalue weighted by Crippen LogP contribution is 2.29. The lowest BCUT2D eigenvalue weighted by atomic mass is 10.4. The van der Waals surface area contributed by atoms with Crippen LogP contribution in [0.25, 0.3) is 0 Å². The number of aromatic nitrogens is 2. The summed E-state index contributed by atoms with van der Waals surface area (Å²) in [6.07, 6.45) is 1.10. The molecule has 90 valence electrons. The van der Waals surface area contributed by atoms with Crippen molar-refractivity contribution in [2.75, 3.05) is 11.9 Å². The number of anilines is 1. The first-order valence-corrected chi connectivity index (χ1v) is 7.28. The van der Waals surface area contributed by atoms with Crippen LogP contribution in [0.4, 0.5) is 5.82 Å². The van der Waals surface area contributed by atoms with Gasteiger partial charge in [0.1, 0.15) is 10.8 Å². The fourth-order valence-electron chi connectivity index (χ4n) is 1.29. The van der Waals surface area contributed by atoms with Gasteiger partial charge in [-0.1, -0.05) is 13.0 Å². The largest absolute Gasteiger partial charge is 0.370 e. The molecule has 0 saturated carbocycles. The maximum absolute atomic E-state index is 4.53. The summed E-state index contributed by atoms with van der Waals surface area (Å²) in [5.41, 5.74) is 1.07. The van der Waals surface area contributed by atoms with Gasteiger partial charge in [0.2, 0.25) is 0 Å². The van der Waals surface area contributed by atoms with E-state index >= 15 is 0 Å². The molecule has 0 aliphatic carbocycles. The van der Waals surface area contributed by atoms with E-state index in [1.165, 1.54) is 0 Å². The number of hydrogen-bond acceptors (Lipinski definition) is 5. The Morgan fingerprint density at radius 3 is 2.94 bits per heavy atom. The predicted molar refractivity (Wildman–Crippen MR) is 74.0 cm³/mol. The van der Waals surface area contributed by atoms with Crippen LogP contribution in [-0.4, -0.2) is 16.5 Å². The Kier molecular flexibility index (Phi) is 4.39. The number of pyridine rings is 1. The summed E-state index contributed by atoms with van der Waals surface area (Å²) < 4.78 is 1.04. The summed E-state index contributed by atoms with van der Waals surface area (Å²) in [7, 11) is 0. The lowest BCUT2D eigenvalue weighted by molar-refractivity contribution is 0.959. The van der Waals surface area contributed by atoms with Gasteiger partial charge in [-0.2, -0.15) is 0 Å². The van der Waals surface area contributed by atoms with Crippen LogP contribution in [0.2, 0.25) is 0 Å². The molecule has 3 nitrogen and oxygen atoms in total. The lowest BCUT2D eigenvalue weighted by Crippen LogP contribution is -2.01. The standard InChI is InChI=1S/C12H15N3S2/c1-3-7-13-10-5-4-6-11(15-10)17-12-14-9(2)8-16-12/h4-6,8H,3,7H2,1-2H3,(H,13,15). The summed E-state index contributed by atoms with van der Waals surface area (Å²) >= 11 is 3.27. The van der Waals surface area contributed by atoms with E-state index in [-0.39, 0.29) is 0 Å². The van der Waals surface area contributed by atoms with Crippen molar-refractivity contribution in [3.05, 3.63) is 29.3 Å².